The van der Waals surface area contributed by atoms with Crippen LogP contribution in [0.15, 0.2) is 97.3 Å². The maximum atomic E-state index is 12.8. The molecule has 0 unspecified atom stereocenters. The van der Waals surface area contributed by atoms with Gasteiger partial charge in [0.25, 0.3) is 0 Å². The number of hydrogen-bond donors (Lipinski definition) is 8. The zero-order valence-electron chi connectivity index (χ0n) is 44.3. The Hall–Kier alpha value is -1.21. The third kappa shape index (κ3) is 24.4. The summed E-state index contributed by atoms with van der Waals surface area (Å²) >= 11 is 1.44. The van der Waals surface area contributed by atoms with Gasteiger partial charge < -0.3 is 76.4 Å². The van der Waals surface area contributed by atoms with Gasteiger partial charge in [-0.15, -0.1) is 0 Å². The normalized spacial score (nSPS) is 11.0. The minimum absolute atomic E-state index is 0. The summed E-state index contributed by atoms with van der Waals surface area (Å²) in [6.07, 6.45) is 2.66. The smallest absolute Gasteiger partial charge is 0.744 e. The first-order chi connectivity index (χ1) is 37.0. The predicted octanol–water partition coefficient (Wildman–Crippen LogP) is -14.4. The fraction of sp³-hybridized carbons (Fsp3) is 0.220. The first kappa shape index (κ1) is 78.8. The van der Waals surface area contributed by atoms with Crippen molar-refractivity contribution in [1.29, 1.82) is 0 Å². The van der Waals surface area contributed by atoms with Crippen LogP contribution in [-0.4, -0.2) is 129 Å². The molecule has 0 spiro atoms. The largest absolute Gasteiger partial charge is 1.00 e. The molecule has 82 heavy (non-hydrogen) atoms. The maximum absolute atomic E-state index is 12.8. The summed E-state index contributed by atoms with van der Waals surface area (Å²) in [4.78, 5) is 28.0. The van der Waals surface area contributed by atoms with Crippen molar-refractivity contribution in [2.45, 2.75) is 31.4 Å². The van der Waals surface area contributed by atoms with Gasteiger partial charge in [0, 0.05) is 47.3 Å². The minimum Gasteiger partial charge on any atom is -0.744 e. The summed E-state index contributed by atoms with van der Waals surface area (Å²) in [5.74, 6) is -1.10. The van der Waals surface area contributed by atoms with E-state index < -0.39 is 54.9 Å². The van der Waals surface area contributed by atoms with Gasteiger partial charge in [0.05, 0.1) is 88.6 Å². The van der Waals surface area contributed by atoms with Crippen molar-refractivity contribution in [2.24, 2.45) is 0 Å². The van der Waals surface area contributed by atoms with Crippen LogP contribution in [-0.2, 0) is 48.4 Å². The Morgan fingerprint density at radius 2 is 0.939 bits per heavy atom. The molecule has 0 fully saturated rings. The second-order valence-corrected chi connectivity index (χ2v) is 20.0. The van der Waals surface area contributed by atoms with Crippen molar-refractivity contribution in [3.05, 3.63) is 89.5 Å². The molecule has 414 valence electrons. The minimum atomic E-state index is -5.26. The van der Waals surface area contributed by atoms with E-state index in [1.807, 2.05) is 6.92 Å². The molecule has 0 amide bonds. The van der Waals surface area contributed by atoms with Gasteiger partial charge in [0.2, 0.25) is 35.7 Å². The Bertz CT molecular complexity index is 3230. The van der Waals surface area contributed by atoms with Crippen molar-refractivity contribution >= 4 is 127 Å². The molecule has 0 aliphatic carbocycles. The Kier molecular flexibility index (Phi) is 38.1. The summed E-state index contributed by atoms with van der Waals surface area (Å²) in [5.41, 5.74) is 1.15. The summed E-state index contributed by atoms with van der Waals surface area (Å²) in [7, 11) is -10.4. The average Bonchev–Trinajstić information content (AvgIpc) is 3.42. The van der Waals surface area contributed by atoms with E-state index in [1.54, 1.807) is 18.2 Å². The van der Waals surface area contributed by atoms with E-state index in [4.69, 9.17) is 0 Å². The molecule has 2 aromatic heterocycles. The number of aryl methyl sites for hydroxylation is 1. The third-order valence-corrected chi connectivity index (χ3v) is 13.5. The van der Waals surface area contributed by atoms with Crippen molar-refractivity contribution in [1.82, 2.24) is 29.9 Å². The van der Waals surface area contributed by atoms with E-state index in [0.717, 1.165) is 29.8 Å². The summed E-state index contributed by atoms with van der Waals surface area (Å²) in [6.45, 7) is 0.00598. The van der Waals surface area contributed by atoms with Crippen LogP contribution in [0.4, 0.5) is 58.4 Å². The number of benzene rings is 4. The van der Waals surface area contributed by atoms with Crippen LogP contribution in [0.2, 0.25) is 0 Å². The molecule has 41 heteroatoms. The van der Waals surface area contributed by atoms with Crippen LogP contribution in [0.3, 0.4) is 0 Å². The molecular weight excluding hydrogens is 1240 g/mol. The molecule has 4 aromatic carbocycles. The molecule has 6 aromatic rings. The quantitative estimate of drug-likeness (QED) is 0.00500. The number of nitrogens with zero attached hydrogens (tertiary/aromatic N) is 8. The van der Waals surface area contributed by atoms with Crippen LogP contribution < -0.4 is 195 Å². The van der Waals surface area contributed by atoms with Gasteiger partial charge in [-0.25, -0.2) is 16.8 Å². The first-order valence-electron chi connectivity index (χ1n) is 21.5. The molecule has 0 bridgehead atoms. The van der Waals surface area contributed by atoms with Crippen molar-refractivity contribution in [3.63, 3.8) is 0 Å². The molecule has 0 aliphatic rings. The average molecular weight is 1280 g/mol. The van der Waals surface area contributed by atoms with Crippen LogP contribution in [0.25, 0.3) is 12.2 Å². The molecule has 6 rings (SSSR count). The van der Waals surface area contributed by atoms with E-state index in [9.17, 15) is 62.1 Å². The van der Waals surface area contributed by atoms with Crippen LogP contribution in [0, 0.1) is 6.92 Å². The van der Waals surface area contributed by atoms with Gasteiger partial charge >= 0.3 is 148 Å². The molecule has 31 nitrogen and oxygen atoms in total. The monoisotopic (exact) mass is 1280 g/mol. The molecule has 0 saturated carbocycles. The number of nitrogens with one attached hydrogen (secondary N) is 4. The van der Waals surface area contributed by atoms with Crippen molar-refractivity contribution in [3.8, 4) is 0 Å². The zero-order chi connectivity index (χ0) is 55.5. The van der Waals surface area contributed by atoms with Crippen LogP contribution in [0.1, 0.15) is 16.7 Å². The first-order valence-corrected chi connectivity index (χ1v) is 26.6. The molecule has 0 atom stereocenters. The maximum Gasteiger partial charge on any atom is 1.00 e. The molecular formula is C41H41N12Na5O19S5. The number of aliphatic hydroxyl groups is 4. The summed E-state index contributed by atoms with van der Waals surface area (Å²) < 4.78 is 88.4. The number of hydrogen-bond acceptors (Lipinski definition) is 34. The van der Waals surface area contributed by atoms with Gasteiger partial charge in [-0.05, 0) is 78.2 Å². The Balaban J connectivity index is 0.00000672. The SMILES string of the molecule is Cc1ccc(SOO[O-])c(Nc2nc(Nc3ccc(C=Cc4ccc(Nc5nc(Nc6cc(SOO[O-])ccc6S(=O)(=O)[O-])nc(N(CCO)CCO)n5)cc4S(=O)(=O)[O-])c(SOO[O-])c3)nc(N(CCO)CCO)n2)c1.[Na+].[Na+].[Na+].[Na+].[Na+]. The van der Waals surface area contributed by atoms with E-state index >= 15 is 0 Å². The number of aliphatic hydroxyl groups excluding tert-OH is 4. The molecule has 2 heterocycles. The van der Waals surface area contributed by atoms with Gasteiger partial charge in [0.1, 0.15) is 20.2 Å². The second-order valence-electron chi connectivity index (χ2n) is 15.0. The molecule has 8 N–H and O–H groups in total. The molecule has 0 saturated heterocycles. The Morgan fingerprint density at radius 1 is 0.500 bits per heavy atom. The number of anilines is 10. The van der Waals surface area contributed by atoms with E-state index in [2.05, 4.69) is 79.3 Å². The zero-order valence-corrected chi connectivity index (χ0v) is 58.4. The van der Waals surface area contributed by atoms with Crippen LogP contribution in [0.5, 0.6) is 0 Å². The van der Waals surface area contributed by atoms with E-state index in [-0.39, 0.29) is 249 Å². The van der Waals surface area contributed by atoms with Crippen molar-refractivity contribution in [2.75, 3.05) is 83.7 Å². The summed E-state index contributed by atoms with van der Waals surface area (Å²) in [6, 6.07) is 16.3. The van der Waals surface area contributed by atoms with Gasteiger partial charge in [-0.2, -0.15) is 42.9 Å². The second kappa shape index (κ2) is 39.6. The summed E-state index contributed by atoms with van der Waals surface area (Å²) in [5, 5.41) is 92.8. The van der Waals surface area contributed by atoms with E-state index in [0.29, 0.717) is 46.7 Å². The number of rotatable bonds is 31. The Morgan fingerprint density at radius 3 is 1.43 bits per heavy atom. The molecule has 0 aliphatic heterocycles. The predicted molar refractivity (Wildman–Crippen MR) is 265 cm³/mol. The topological polar surface area (TPSA) is 452 Å². The number of aromatic nitrogens is 6. The van der Waals surface area contributed by atoms with E-state index in [1.165, 1.54) is 52.3 Å². The van der Waals surface area contributed by atoms with Gasteiger partial charge in [-0.3, -0.25) is 15.1 Å². The fourth-order valence-corrected chi connectivity index (χ4v) is 9.29. The van der Waals surface area contributed by atoms with Crippen molar-refractivity contribution < 1.29 is 238 Å². The van der Waals surface area contributed by atoms with Crippen LogP contribution >= 0.6 is 36.1 Å². The Labute approximate surface area is 591 Å². The fourth-order valence-electron chi connectivity index (χ4n) is 6.65. The standard InChI is InChI=1S/C41H46N12O19S5.5Na/c1-24-2-10-32(74-71-68-59)30(20-24)44-38-46-36(48-40(50-38)52(12-16-54)13-17-55)42-27-7-5-25(33(21-27)75-72-69-60)3-4-26-6-8-28(22-35(26)77(64,65)66)43-37-47-39(51-41(49-37)53(14-18-56)15-19-57)45-31-23-29(73-70-67-58)9-11-34(31)76(61,62)63;;;;;/h2-11,20-23,54-60H,12-19H2,1H3,(H,61,62,63)(H,64,65,66)(H2,42,44,46,48,50)(H2,43,45,47,49,51);;;;;/q;5*+1/p-5. The third-order valence-electron chi connectivity index (χ3n) is 9.85. The van der Waals surface area contributed by atoms with Gasteiger partial charge in [0.15, 0.2) is 0 Å². The molecule has 0 radical (unpaired) electrons. The van der Waals surface area contributed by atoms with Gasteiger partial charge in [-0.1, -0.05) is 30.4 Å².